The summed E-state index contributed by atoms with van der Waals surface area (Å²) in [6.07, 6.45) is 2.89. The Kier molecular flexibility index (Phi) is 4.65. The molecule has 0 aliphatic rings. The minimum atomic E-state index is -1.10. The summed E-state index contributed by atoms with van der Waals surface area (Å²) in [5.74, 6) is -3.32. The molecule has 0 radical (unpaired) electrons. The number of pyridine rings is 1. The molecule has 0 saturated carbocycles. The molecule has 3 rings (SSSR count). The predicted molar refractivity (Wildman–Crippen MR) is 85.0 cm³/mol. The fourth-order valence-electron chi connectivity index (χ4n) is 2.04. The molecule has 1 aromatic heterocycles. The molecule has 0 unspecified atom stereocenters. The molecule has 0 aliphatic heterocycles. The second-order valence-corrected chi connectivity index (χ2v) is 5.01. The highest BCUT2D eigenvalue weighted by Crippen LogP contribution is 2.31. The van der Waals surface area contributed by atoms with Gasteiger partial charge >= 0.3 is 0 Å². The van der Waals surface area contributed by atoms with Gasteiger partial charge in [-0.25, -0.2) is 13.2 Å². The number of nitrogens with one attached hydrogen (secondary N) is 1. The maximum absolute atomic E-state index is 13.5. The lowest BCUT2D eigenvalue weighted by atomic mass is 10.2. The number of halogens is 3. The first-order valence-corrected chi connectivity index (χ1v) is 7.17. The molecule has 2 aromatic carbocycles. The summed E-state index contributed by atoms with van der Waals surface area (Å²) in [7, 11) is 0. The van der Waals surface area contributed by atoms with Crippen molar-refractivity contribution in [3.05, 3.63) is 83.9 Å². The molecule has 126 valence electrons. The Balaban J connectivity index is 1.87. The van der Waals surface area contributed by atoms with Crippen molar-refractivity contribution < 1.29 is 22.7 Å². The van der Waals surface area contributed by atoms with Crippen molar-refractivity contribution in [1.82, 2.24) is 4.98 Å². The van der Waals surface area contributed by atoms with Crippen LogP contribution in [0.1, 0.15) is 10.4 Å². The van der Waals surface area contributed by atoms with Crippen LogP contribution in [0.3, 0.4) is 0 Å². The average Bonchev–Trinajstić information content (AvgIpc) is 2.61. The number of hydrogen-bond acceptors (Lipinski definition) is 3. The fraction of sp³-hybridized carbons (Fsp3) is 0. The number of ether oxygens (including phenoxy) is 1. The Morgan fingerprint density at radius 2 is 1.84 bits per heavy atom. The highest BCUT2D eigenvalue weighted by molar-refractivity contribution is 6.04. The Bertz CT molecular complexity index is 917. The first kappa shape index (κ1) is 16.5. The van der Waals surface area contributed by atoms with Gasteiger partial charge in [0.25, 0.3) is 5.91 Å². The smallest absolute Gasteiger partial charge is 0.257 e. The zero-order chi connectivity index (χ0) is 17.8. The van der Waals surface area contributed by atoms with Gasteiger partial charge < -0.3 is 10.1 Å². The van der Waals surface area contributed by atoms with E-state index in [2.05, 4.69) is 10.3 Å². The van der Waals surface area contributed by atoms with Crippen molar-refractivity contribution in [2.45, 2.75) is 0 Å². The van der Waals surface area contributed by atoms with E-state index in [1.165, 1.54) is 24.5 Å². The average molecular weight is 344 g/mol. The summed E-state index contributed by atoms with van der Waals surface area (Å²) in [6, 6.07) is 9.52. The normalized spacial score (nSPS) is 10.4. The van der Waals surface area contributed by atoms with E-state index in [0.717, 1.165) is 24.3 Å². The van der Waals surface area contributed by atoms with Crippen LogP contribution in [0.25, 0.3) is 0 Å². The predicted octanol–water partition coefficient (Wildman–Crippen LogP) is 4.54. The van der Waals surface area contributed by atoms with Crippen LogP contribution < -0.4 is 10.1 Å². The number of nitrogens with zero attached hydrogens (tertiary/aromatic N) is 1. The van der Waals surface area contributed by atoms with Crippen LogP contribution in [0.4, 0.5) is 18.9 Å². The van der Waals surface area contributed by atoms with Gasteiger partial charge in [0.2, 0.25) is 0 Å². The van der Waals surface area contributed by atoms with Crippen LogP contribution in [0.2, 0.25) is 0 Å². The first-order chi connectivity index (χ1) is 12.0. The third kappa shape index (κ3) is 3.95. The lowest BCUT2D eigenvalue weighted by Crippen LogP contribution is -2.12. The summed E-state index contributed by atoms with van der Waals surface area (Å²) in [6.45, 7) is 0. The van der Waals surface area contributed by atoms with Crippen LogP contribution in [-0.2, 0) is 0 Å². The van der Waals surface area contributed by atoms with Crippen molar-refractivity contribution >= 4 is 11.6 Å². The fourth-order valence-corrected chi connectivity index (χ4v) is 2.04. The van der Waals surface area contributed by atoms with Crippen molar-refractivity contribution in [2.75, 3.05) is 5.32 Å². The number of benzene rings is 2. The molecule has 1 heterocycles. The molecule has 0 fully saturated rings. The van der Waals surface area contributed by atoms with E-state index in [-0.39, 0.29) is 17.2 Å². The van der Waals surface area contributed by atoms with E-state index in [4.69, 9.17) is 4.74 Å². The number of aromatic nitrogens is 1. The van der Waals surface area contributed by atoms with Crippen LogP contribution in [-0.4, -0.2) is 10.9 Å². The van der Waals surface area contributed by atoms with Gasteiger partial charge in [-0.15, -0.1) is 0 Å². The number of amides is 1. The minimum absolute atomic E-state index is 0.0404. The SMILES string of the molecule is O=C(Nc1ccc(F)cc1Oc1ccc(F)c(F)c1)c1cccnc1. The second kappa shape index (κ2) is 7.04. The lowest BCUT2D eigenvalue weighted by molar-refractivity contribution is 0.102. The zero-order valence-corrected chi connectivity index (χ0v) is 12.7. The molecular formula is C18H11F3N2O2. The van der Waals surface area contributed by atoms with Crippen molar-refractivity contribution in [3.8, 4) is 11.5 Å². The minimum Gasteiger partial charge on any atom is -0.455 e. The molecular weight excluding hydrogens is 333 g/mol. The molecule has 4 nitrogen and oxygen atoms in total. The number of rotatable bonds is 4. The van der Waals surface area contributed by atoms with Crippen molar-refractivity contribution in [2.24, 2.45) is 0 Å². The van der Waals surface area contributed by atoms with Gasteiger partial charge in [-0.05, 0) is 36.4 Å². The molecule has 0 saturated heterocycles. The maximum atomic E-state index is 13.5. The molecule has 0 spiro atoms. The van der Waals surface area contributed by atoms with Gasteiger partial charge in [-0.2, -0.15) is 0 Å². The quantitative estimate of drug-likeness (QED) is 0.756. The van der Waals surface area contributed by atoms with Gasteiger partial charge in [0.15, 0.2) is 17.4 Å². The van der Waals surface area contributed by atoms with Crippen LogP contribution in [0, 0.1) is 17.5 Å². The zero-order valence-electron chi connectivity index (χ0n) is 12.7. The van der Waals surface area contributed by atoms with Crippen LogP contribution in [0.5, 0.6) is 11.5 Å². The summed E-state index contributed by atoms with van der Waals surface area (Å²) >= 11 is 0. The largest absolute Gasteiger partial charge is 0.455 e. The summed E-state index contributed by atoms with van der Waals surface area (Å²) in [5, 5.41) is 2.56. The number of carbonyl (C=O) groups excluding carboxylic acids is 1. The van der Waals surface area contributed by atoms with E-state index in [9.17, 15) is 18.0 Å². The first-order valence-electron chi connectivity index (χ1n) is 7.17. The molecule has 1 N–H and O–H groups in total. The van der Waals surface area contributed by atoms with Gasteiger partial charge in [-0.1, -0.05) is 0 Å². The molecule has 0 bridgehead atoms. The van der Waals surface area contributed by atoms with Crippen molar-refractivity contribution in [1.29, 1.82) is 0 Å². The highest BCUT2D eigenvalue weighted by atomic mass is 19.2. The Morgan fingerprint density at radius 1 is 1.00 bits per heavy atom. The van der Waals surface area contributed by atoms with E-state index in [0.29, 0.717) is 5.56 Å². The molecule has 0 atom stereocenters. The number of anilines is 1. The van der Waals surface area contributed by atoms with E-state index in [1.807, 2.05) is 0 Å². The summed E-state index contributed by atoms with van der Waals surface area (Å²) in [5.41, 5.74) is 0.464. The van der Waals surface area contributed by atoms with Gasteiger partial charge in [0.1, 0.15) is 11.6 Å². The number of carbonyl (C=O) groups is 1. The summed E-state index contributed by atoms with van der Waals surface area (Å²) in [4.78, 5) is 16.0. The third-order valence-corrected chi connectivity index (χ3v) is 3.23. The van der Waals surface area contributed by atoms with Crippen molar-refractivity contribution in [3.63, 3.8) is 0 Å². The van der Waals surface area contributed by atoms with E-state index < -0.39 is 23.4 Å². The van der Waals surface area contributed by atoms with E-state index in [1.54, 1.807) is 12.1 Å². The lowest BCUT2D eigenvalue weighted by Gasteiger charge is -2.12. The Labute approximate surface area is 140 Å². The molecule has 0 aliphatic carbocycles. The standard InChI is InChI=1S/C18H11F3N2O2/c19-12-3-6-16(23-18(24)11-2-1-7-22-10-11)17(8-12)25-13-4-5-14(20)15(21)9-13/h1-10H,(H,23,24). The highest BCUT2D eigenvalue weighted by Gasteiger charge is 2.13. The number of hydrogen-bond donors (Lipinski definition) is 1. The van der Waals surface area contributed by atoms with Crippen LogP contribution >= 0.6 is 0 Å². The van der Waals surface area contributed by atoms with Crippen LogP contribution in [0.15, 0.2) is 60.9 Å². The topological polar surface area (TPSA) is 51.2 Å². The third-order valence-electron chi connectivity index (χ3n) is 3.23. The Morgan fingerprint density at radius 3 is 2.56 bits per heavy atom. The molecule has 3 aromatic rings. The van der Waals surface area contributed by atoms with Gasteiger partial charge in [0, 0.05) is 24.5 Å². The summed E-state index contributed by atoms with van der Waals surface area (Å²) < 4.78 is 45.2. The van der Waals surface area contributed by atoms with Gasteiger partial charge in [0.05, 0.1) is 11.3 Å². The Hall–Kier alpha value is -3.35. The van der Waals surface area contributed by atoms with E-state index >= 15 is 0 Å². The van der Waals surface area contributed by atoms with Gasteiger partial charge in [-0.3, -0.25) is 9.78 Å². The molecule has 7 heteroatoms. The second-order valence-electron chi connectivity index (χ2n) is 5.01. The maximum Gasteiger partial charge on any atom is 0.257 e. The molecule has 1 amide bonds. The molecule has 25 heavy (non-hydrogen) atoms. The monoisotopic (exact) mass is 344 g/mol.